The third-order valence-corrected chi connectivity index (χ3v) is 5.66. The van der Waals surface area contributed by atoms with E-state index in [2.05, 4.69) is 5.32 Å². The van der Waals surface area contributed by atoms with Crippen molar-refractivity contribution in [1.29, 1.82) is 5.26 Å². The van der Waals surface area contributed by atoms with E-state index in [4.69, 9.17) is 16.9 Å². The van der Waals surface area contributed by atoms with Gasteiger partial charge in [-0.2, -0.15) is 9.57 Å². The molecule has 0 aliphatic carbocycles. The first-order chi connectivity index (χ1) is 8.96. The molecule has 1 aliphatic rings. The summed E-state index contributed by atoms with van der Waals surface area (Å²) in [6.07, 6.45) is 0.769. The van der Waals surface area contributed by atoms with Gasteiger partial charge in [0.15, 0.2) is 0 Å². The predicted octanol–water partition coefficient (Wildman–Crippen LogP) is 1.19. The molecule has 0 saturated carbocycles. The van der Waals surface area contributed by atoms with Crippen molar-refractivity contribution in [2.45, 2.75) is 17.4 Å². The Balaban J connectivity index is 2.41. The molecule has 1 unspecified atom stereocenters. The molecule has 5 nitrogen and oxygen atoms in total. The van der Waals surface area contributed by atoms with Crippen LogP contribution in [0.5, 0.6) is 0 Å². The summed E-state index contributed by atoms with van der Waals surface area (Å²) in [6, 6.07) is 6.10. The third-order valence-electron chi connectivity index (χ3n) is 3.27. The Morgan fingerprint density at radius 2 is 2.26 bits per heavy atom. The van der Waals surface area contributed by atoms with Crippen LogP contribution < -0.4 is 5.32 Å². The zero-order valence-electron chi connectivity index (χ0n) is 10.4. The van der Waals surface area contributed by atoms with Gasteiger partial charge in [0, 0.05) is 19.6 Å². The fraction of sp³-hybridized carbons (Fsp3) is 0.417. The second-order valence-electron chi connectivity index (χ2n) is 4.42. The number of nitriles is 1. The largest absolute Gasteiger partial charge is 0.315 e. The number of likely N-dealkylation sites (N-methyl/N-ethyl adjacent to an activating group) is 1. The molecule has 0 amide bonds. The van der Waals surface area contributed by atoms with Crippen molar-refractivity contribution in [3.05, 3.63) is 28.8 Å². The smallest absolute Gasteiger partial charge is 0.244 e. The van der Waals surface area contributed by atoms with Gasteiger partial charge in [-0.15, -0.1) is 0 Å². The first-order valence-electron chi connectivity index (χ1n) is 5.85. The maximum absolute atomic E-state index is 12.5. The van der Waals surface area contributed by atoms with E-state index in [-0.39, 0.29) is 21.5 Å². The van der Waals surface area contributed by atoms with Crippen LogP contribution in [0.2, 0.25) is 5.02 Å². The monoisotopic (exact) mass is 299 g/mol. The number of hydrogen-bond donors (Lipinski definition) is 1. The predicted molar refractivity (Wildman–Crippen MR) is 72.4 cm³/mol. The molecule has 0 radical (unpaired) electrons. The summed E-state index contributed by atoms with van der Waals surface area (Å²) in [5.74, 6) is 0. The van der Waals surface area contributed by atoms with Gasteiger partial charge in [0.05, 0.1) is 16.7 Å². The molecule has 0 aromatic heterocycles. The molecular weight excluding hydrogens is 286 g/mol. The van der Waals surface area contributed by atoms with Gasteiger partial charge in [-0.1, -0.05) is 11.6 Å². The van der Waals surface area contributed by atoms with Gasteiger partial charge in [-0.3, -0.25) is 0 Å². The molecule has 0 bridgehead atoms. The van der Waals surface area contributed by atoms with Crippen molar-refractivity contribution < 1.29 is 8.42 Å². The fourth-order valence-corrected chi connectivity index (χ4v) is 3.95. The molecule has 1 aromatic carbocycles. The SMILES string of the molecule is CN(C1CCNC1)S(=O)(=O)c1cc(C#N)ccc1Cl. The molecular formula is C12H14ClN3O2S. The van der Waals surface area contributed by atoms with Crippen molar-refractivity contribution in [3.63, 3.8) is 0 Å². The molecule has 1 fully saturated rings. The molecule has 1 N–H and O–H groups in total. The van der Waals surface area contributed by atoms with Crippen LogP contribution in [0.3, 0.4) is 0 Å². The summed E-state index contributed by atoms with van der Waals surface area (Å²) in [7, 11) is -2.13. The molecule has 19 heavy (non-hydrogen) atoms. The number of benzene rings is 1. The Morgan fingerprint density at radius 1 is 1.53 bits per heavy atom. The lowest BCUT2D eigenvalue weighted by Crippen LogP contribution is -2.38. The van der Waals surface area contributed by atoms with Crippen LogP contribution in [0.4, 0.5) is 0 Å². The van der Waals surface area contributed by atoms with Gasteiger partial charge in [-0.25, -0.2) is 8.42 Å². The molecule has 0 spiro atoms. The minimum atomic E-state index is -3.68. The van der Waals surface area contributed by atoms with Crippen molar-refractivity contribution in [2.75, 3.05) is 20.1 Å². The first kappa shape index (κ1) is 14.3. The average molecular weight is 300 g/mol. The summed E-state index contributed by atoms with van der Waals surface area (Å²) < 4.78 is 26.4. The summed E-state index contributed by atoms with van der Waals surface area (Å²) in [5.41, 5.74) is 0.279. The Hall–Kier alpha value is -1.13. The Kier molecular flexibility index (Phi) is 4.11. The lowest BCUT2D eigenvalue weighted by Gasteiger charge is -2.23. The van der Waals surface area contributed by atoms with Crippen molar-refractivity contribution >= 4 is 21.6 Å². The van der Waals surface area contributed by atoms with Gasteiger partial charge in [0.25, 0.3) is 0 Å². The highest BCUT2D eigenvalue weighted by molar-refractivity contribution is 7.89. The standard InChI is InChI=1S/C12H14ClN3O2S/c1-16(10-4-5-15-8-10)19(17,18)12-6-9(7-14)2-3-11(12)13/h2-3,6,10,15H,4-5,8H2,1H3. The Labute approximate surface area is 117 Å². The highest BCUT2D eigenvalue weighted by Crippen LogP contribution is 2.27. The van der Waals surface area contributed by atoms with E-state index in [9.17, 15) is 8.42 Å². The van der Waals surface area contributed by atoms with E-state index in [1.54, 1.807) is 7.05 Å². The molecule has 1 heterocycles. The molecule has 102 valence electrons. The number of nitrogens with zero attached hydrogens (tertiary/aromatic N) is 2. The molecule has 7 heteroatoms. The van der Waals surface area contributed by atoms with Gasteiger partial charge >= 0.3 is 0 Å². The Bertz CT molecular complexity index is 618. The van der Waals surface area contributed by atoms with Crippen LogP contribution in [0.15, 0.2) is 23.1 Å². The maximum Gasteiger partial charge on any atom is 0.244 e. The van der Waals surface area contributed by atoms with Gasteiger partial charge < -0.3 is 5.32 Å². The van der Waals surface area contributed by atoms with Gasteiger partial charge in [0.1, 0.15) is 4.90 Å². The summed E-state index contributed by atoms with van der Waals surface area (Å²) in [5, 5.41) is 12.1. The Morgan fingerprint density at radius 3 is 2.84 bits per heavy atom. The number of hydrogen-bond acceptors (Lipinski definition) is 4. The van der Waals surface area contributed by atoms with E-state index >= 15 is 0 Å². The van der Waals surface area contributed by atoms with Crippen LogP contribution >= 0.6 is 11.6 Å². The summed E-state index contributed by atoms with van der Waals surface area (Å²) >= 11 is 5.96. The van der Waals surface area contributed by atoms with E-state index < -0.39 is 10.0 Å². The average Bonchev–Trinajstić information content (AvgIpc) is 2.92. The van der Waals surface area contributed by atoms with Gasteiger partial charge in [-0.05, 0) is 31.2 Å². The van der Waals surface area contributed by atoms with Crippen LogP contribution in [-0.2, 0) is 10.0 Å². The topological polar surface area (TPSA) is 73.2 Å². The van der Waals surface area contributed by atoms with Crippen molar-refractivity contribution in [1.82, 2.24) is 9.62 Å². The molecule has 1 aromatic rings. The minimum absolute atomic E-state index is 0.0115. The van der Waals surface area contributed by atoms with Crippen LogP contribution in [0.1, 0.15) is 12.0 Å². The first-order valence-corrected chi connectivity index (χ1v) is 7.67. The maximum atomic E-state index is 12.5. The minimum Gasteiger partial charge on any atom is -0.315 e. The van der Waals surface area contributed by atoms with E-state index in [0.717, 1.165) is 13.0 Å². The highest BCUT2D eigenvalue weighted by atomic mass is 35.5. The number of halogens is 1. The van der Waals surface area contributed by atoms with Gasteiger partial charge in [0.2, 0.25) is 10.0 Å². The van der Waals surface area contributed by atoms with Crippen molar-refractivity contribution in [2.24, 2.45) is 0 Å². The molecule has 1 atom stereocenters. The summed E-state index contributed by atoms with van der Waals surface area (Å²) in [6.45, 7) is 1.43. The zero-order valence-corrected chi connectivity index (χ0v) is 12.0. The lowest BCUT2D eigenvalue weighted by atomic mass is 10.2. The van der Waals surface area contributed by atoms with Crippen molar-refractivity contribution in [3.8, 4) is 6.07 Å². The van der Waals surface area contributed by atoms with Crippen LogP contribution in [-0.4, -0.2) is 38.9 Å². The molecule has 1 aliphatic heterocycles. The summed E-state index contributed by atoms with van der Waals surface area (Å²) in [4.78, 5) is -0.0115. The number of sulfonamides is 1. The van der Waals surface area contributed by atoms with Crippen LogP contribution in [0.25, 0.3) is 0 Å². The quantitative estimate of drug-likeness (QED) is 0.910. The third kappa shape index (κ3) is 2.74. The second kappa shape index (κ2) is 5.47. The zero-order chi connectivity index (χ0) is 14.0. The number of nitrogens with one attached hydrogen (secondary N) is 1. The number of rotatable bonds is 3. The lowest BCUT2D eigenvalue weighted by molar-refractivity contribution is 0.388. The van der Waals surface area contributed by atoms with E-state index in [1.807, 2.05) is 6.07 Å². The highest BCUT2D eigenvalue weighted by Gasteiger charge is 2.31. The van der Waals surface area contributed by atoms with E-state index in [0.29, 0.717) is 6.54 Å². The normalized spacial score (nSPS) is 19.6. The fourth-order valence-electron chi connectivity index (χ4n) is 2.07. The second-order valence-corrected chi connectivity index (χ2v) is 6.80. The van der Waals surface area contributed by atoms with Crippen LogP contribution in [0, 0.1) is 11.3 Å². The molecule has 1 saturated heterocycles. The molecule has 2 rings (SSSR count). The van der Waals surface area contributed by atoms with E-state index in [1.165, 1.54) is 22.5 Å².